The van der Waals surface area contributed by atoms with Crippen molar-refractivity contribution in [1.82, 2.24) is 4.90 Å². The number of hydrogen-bond donors (Lipinski definition) is 2. The van der Waals surface area contributed by atoms with E-state index in [1.165, 1.54) is 41.3 Å². The van der Waals surface area contributed by atoms with Gasteiger partial charge in [0.2, 0.25) is 0 Å². The maximum Gasteiger partial charge on any atom is 0.303 e. The van der Waals surface area contributed by atoms with Crippen LogP contribution in [0, 0.1) is 15.9 Å². The number of carbonyl (C=O) groups excluding carboxylic acids is 2. The Hall–Kier alpha value is -4.08. The number of nitrogens with zero attached hydrogens (tertiary/aromatic N) is 2. The van der Waals surface area contributed by atoms with Crippen molar-refractivity contribution in [3.8, 4) is 0 Å². The Morgan fingerprint density at radius 2 is 1.76 bits per heavy atom. The van der Waals surface area contributed by atoms with Crippen molar-refractivity contribution in [2.75, 3.05) is 6.54 Å². The third kappa shape index (κ3) is 5.22. The highest BCUT2D eigenvalue weighted by molar-refractivity contribution is 6.46. The molecule has 33 heavy (non-hydrogen) atoms. The number of aliphatic hydroxyl groups excluding tert-OH is 1. The highest BCUT2D eigenvalue weighted by atomic mass is 19.1. The third-order valence-electron chi connectivity index (χ3n) is 5.34. The third-order valence-corrected chi connectivity index (χ3v) is 5.34. The van der Waals surface area contributed by atoms with Gasteiger partial charge in [-0.2, -0.15) is 0 Å². The molecule has 172 valence electrons. The summed E-state index contributed by atoms with van der Waals surface area (Å²) in [6.45, 7) is 0.0811. The van der Waals surface area contributed by atoms with E-state index in [-0.39, 0.29) is 35.4 Å². The van der Waals surface area contributed by atoms with Crippen molar-refractivity contribution < 1.29 is 33.9 Å². The quantitative estimate of drug-likeness (QED) is 0.146. The molecule has 1 amide bonds. The van der Waals surface area contributed by atoms with E-state index in [2.05, 4.69) is 0 Å². The molecule has 2 N–H and O–H groups in total. The number of nitro benzene ring substituents is 1. The van der Waals surface area contributed by atoms with Crippen molar-refractivity contribution in [2.24, 2.45) is 0 Å². The molecule has 1 aliphatic rings. The molecule has 9 nitrogen and oxygen atoms in total. The summed E-state index contributed by atoms with van der Waals surface area (Å²) in [6, 6.07) is 9.04. The van der Waals surface area contributed by atoms with Gasteiger partial charge in [-0.3, -0.25) is 24.5 Å². The fraction of sp³-hybridized carbons (Fsp3) is 0.261. The Morgan fingerprint density at radius 1 is 1.06 bits per heavy atom. The number of benzene rings is 2. The highest BCUT2D eigenvalue weighted by Crippen LogP contribution is 2.40. The van der Waals surface area contributed by atoms with Crippen LogP contribution in [0.3, 0.4) is 0 Å². The SMILES string of the molecule is O=C(O)CCCCCN1C(=O)C(=O)/C(=C(/O)c2ccc(F)cc2)C1c1cccc([N+](=O)[O-])c1. The molecule has 0 aromatic heterocycles. The molecule has 10 heteroatoms. The molecule has 1 aliphatic heterocycles. The molecule has 0 spiro atoms. The van der Waals surface area contributed by atoms with E-state index >= 15 is 0 Å². The van der Waals surface area contributed by atoms with Gasteiger partial charge in [-0.1, -0.05) is 18.6 Å². The minimum Gasteiger partial charge on any atom is -0.507 e. The maximum atomic E-state index is 13.3. The molecular formula is C23H21FN2O7. The molecule has 1 saturated heterocycles. The van der Waals surface area contributed by atoms with Crippen LogP contribution in [0.4, 0.5) is 10.1 Å². The van der Waals surface area contributed by atoms with E-state index in [9.17, 15) is 34.0 Å². The van der Waals surface area contributed by atoms with Crippen LogP contribution in [-0.2, 0) is 14.4 Å². The summed E-state index contributed by atoms with van der Waals surface area (Å²) in [4.78, 5) is 48.3. The monoisotopic (exact) mass is 456 g/mol. The molecule has 1 atom stereocenters. The number of carboxylic acids is 1. The molecule has 3 rings (SSSR count). The second-order valence-corrected chi connectivity index (χ2v) is 7.56. The van der Waals surface area contributed by atoms with Crippen molar-refractivity contribution in [1.29, 1.82) is 0 Å². The zero-order chi connectivity index (χ0) is 24.1. The summed E-state index contributed by atoms with van der Waals surface area (Å²) < 4.78 is 13.3. The number of ketones is 1. The van der Waals surface area contributed by atoms with Gasteiger partial charge in [-0.15, -0.1) is 0 Å². The van der Waals surface area contributed by atoms with Crippen LogP contribution < -0.4 is 0 Å². The number of halogens is 1. The van der Waals surface area contributed by atoms with Crippen molar-refractivity contribution >= 4 is 29.1 Å². The number of carbonyl (C=O) groups is 3. The van der Waals surface area contributed by atoms with Gasteiger partial charge in [-0.25, -0.2) is 4.39 Å². The zero-order valence-corrected chi connectivity index (χ0v) is 17.4. The fourth-order valence-corrected chi connectivity index (χ4v) is 3.76. The highest BCUT2D eigenvalue weighted by Gasteiger charge is 2.46. The van der Waals surface area contributed by atoms with Crippen LogP contribution in [0.2, 0.25) is 0 Å². The number of amides is 1. The van der Waals surface area contributed by atoms with Gasteiger partial charge in [0.05, 0.1) is 16.5 Å². The number of Topliss-reactive ketones (excluding diaryl/α,β-unsaturated/α-hetero) is 1. The second kappa shape index (κ2) is 10.0. The maximum absolute atomic E-state index is 13.3. The lowest BCUT2D eigenvalue weighted by Crippen LogP contribution is -2.30. The molecule has 0 radical (unpaired) electrons. The van der Waals surface area contributed by atoms with Gasteiger partial charge in [0.15, 0.2) is 0 Å². The Kier molecular flexibility index (Phi) is 7.17. The van der Waals surface area contributed by atoms with Crippen LogP contribution in [0.1, 0.15) is 42.9 Å². The predicted molar refractivity (Wildman–Crippen MR) is 115 cm³/mol. The number of hydrogen-bond acceptors (Lipinski definition) is 6. The number of unbranched alkanes of at least 4 members (excludes halogenated alkanes) is 2. The Balaban J connectivity index is 2.02. The molecule has 0 aliphatic carbocycles. The number of aliphatic hydroxyl groups is 1. The van der Waals surface area contributed by atoms with Crippen LogP contribution in [0.15, 0.2) is 54.1 Å². The van der Waals surface area contributed by atoms with Crippen LogP contribution in [0.25, 0.3) is 5.76 Å². The standard InChI is InChI=1S/C23H21FN2O7/c24-16-10-8-14(9-11-16)21(29)19-20(15-5-4-6-17(13-15)26(32)33)25(23(31)22(19)30)12-3-1-2-7-18(27)28/h4-6,8-11,13,20,29H,1-3,7,12H2,(H,27,28)/b21-19+. The summed E-state index contributed by atoms with van der Waals surface area (Å²) in [7, 11) is 0. The minimum atomic E-state index is -1.09. The lowest BCUT2D eigenvalue weighted by atomic mass is 9.95. The molecular weight excluding hydrogens is 435 g/mol. The lowest BCUT2D eigenvalue weighted by molar-refractivity contribution is -0.384. The number of likely N-dealkylation sites (tertiary alicyclic amines) is 1. The van der Waals surface area contributed by atoms with E-state index in [1.54, 1.807) is 0 Å². The van der Waals surface area contributed by atoms with Crippen molar-refractivity contribution in [2.45, 2.75) is 31.7 Å². The minimum absolute atomic E-state index is 0.0301. The summed E-state index contributed by atoms with van der Waals surface area (Å²) in [6.07, 6.45) is 1.23. The van der Waals surface area contributed by atoms with Gasteiger partial charge in [0.25, 0.3) is 17.4 Å². The summed E-state index contributed by atoms with van der Waals surface area (Å²) >= 11 is 0. The first-order chi connectivity index (χ1) is 15.7. The first kappa shape index (κ1) is 23.6. The fourth-order valence-electron chi connectivity index (χ4n) is 3.76. The van der Waals surface area contributed by atoms with Crippen molar-refractivity contribution in [3.05, 3.63) is 81.2 Å². The number of rotatable bonds is 9. The topological polar surface area (TPSA) is 138 Å². The molecule has 1 fully saturated rings. The van der Waals surface area contributed by atoms with Crippen LogP contribution in [-0.4, -0.2) is 44.2 Å². The Morgan fingerprint density at radius 3 is 2.39 bits per heavy atom. The average Bonchev–Trinajstić information content (AvgIpc) is 3.03. The normalized spacial score (nSPS) is 17.4. The van der Waals surface area contributed by atoms with Crippen LogP contribution >= 0.6 is 0 Å². The number of aliphatic carboxylic acids is 1. The van der Waals surface area contributed by atoms with Gasteiger partial charge >= 0.3 is 5.97 Å². The van der Waals surface area contributed by atoms with Gasteiger partial charge in [-0.05, 0) is 42.7 Å². The van der Waals surface area contributed by atoms with Gasteiger partial charge < -0.3 is 15.1 Å². The van der Waals surface area contributed by atoms with Gasteiger partial charge in [0.1, 0.15) is 11.6 Å². The molecule has 0 bridgehead atoms. The van der Waals surface area contributed by atoms with Crippen LogP contribution in [0.5, 0.6) is 0 Å². The molecule has 2 aromatic carbocycles. The molecule has 0 saturated carbocycles. The first-order valence-electron chi connectivity index (χ1n) is 10.2. The number of carboxylic acid groups (broad SMARTS) is 1. The largest absolute Gasteiger partial charge is 0.507 e. The zero-order valence-electron chi connectivity index (χ0n) is 17.4. The summed E-state index contributed by atoms with van der Waals surface area (Å²) in [5.41, 5.74) is -0.122. The lowest BCUT2D eigenvalue weighted by Gasteiger charge is -2.25. The van der Waals surface area contributed by atoms with Gasteiger partial charge in [0, 0.05) is 30.7 Å². The molecule has 1 unspecified atom stereocenters. The van der Waals surface area contributed by atoms with Crippen molar-refractivity contribution in [3.63, 3.8) is 0 Å². The predicted octanol–water partition coefficient (Wildman–Crippen LogP) is 3.80. The van der Waals surface area contributed by atoms with E-state index < -0.39 is 40.2 Å². The smallest absolute Gasteiger partial charge is 0.303 e. The Bertz CT molecular complexity index is 1130. The number of non-ortho nitro benzene ring substituents is 1. The summed E-state index contributed by atoms with van der Waals surface area (Å²) in [5, 5.41) is 30.9. The van der Waals surface area contributed by atoms with E-state index in [1.807, 2.05) is 0 Å². The average molecular weight is 456 g/mol. The Labute approximate surface area is 187 Å². The molecule has 1 heterocycles. The first-order valence-corrected chi connectivity index (χ1v) is 10.2. The van der Waals surface area contributed by atoms with E-state index in [0.29, 0.717) is 19.3 Å². The van der Waals surface area contributed by atoms with E-state index in [4.69, 9.17) is 5.11 Å². The molecule has 2 aromatic rings. The summed E-state index contributed by atoms with van der Waals surface area (Å²) in [5.74, 6) is -3.85. The van der Waals surface area contributed by atoms with E-state index in [0.717, 1.165) is 12.1 Å². The number of nitro groups is 1. The second-order valence-electron chi connectivity index (χ2n) is 7.56.